The molecule has 272 valence electrons. The van der Waals surface area contributed by atoms with Gasteiger partial charge in [-0.15, -0.1) is 6.58 Å². The van der Waals surface area contributed by atoms with Crippen molar-refractivity contribution in [2.45, 2.75) is 86.1 Å². The first-order valence-corrected chi connectivity index (χ1v) is 19.6. The highest BCUT2D eigenvalue weighted by molar-refractivity contribution is 6.13. The SMILES string of the molecule is C=CC(C)(C)N(c1ccc2c(c1)c1cc(-n3c4ccc(C)cc4c4cc(C(C)(CC)CC)ccc43)ccc1n2-c1ccc(C)cc1)c1ccc(C)cc1C. The van der Waals surface area contributed by atoms with Crippen molar-refractivity contribution in [3.05, 3.63) is 156 Å². The number of benzene rings is 6. The topological polar surface area (TPSA) is 13.1 Å². The summed E-state index contributed by atoms with van der Waals surface area (Å²) in [5.74, 6) is 0. The summed E-state index contributed by atoms with van der Waals surface area (Å²) >= 11 is 0. The van der Waals surface area contributed by atoms with Gasteiger partial charge in [0.15, 0.2) is 0 Å². The van der Waals surface area contributed by atoms with E-state index in [0.29, 0.717) is 0 Å². The Kier molecular flexibility index (Phi) is 8.60. The van der Waals surface area contributed by atoms with E-state index < -0.39 is 0 Å². The van der Waals surface area contributed by atoms with Crippen molar-refractivity contribution in [1.29, 1.82) is 0 Å². The van der Waals surface area contributed by atoms with Gasteiger partial charge in [-0.1, -0.05) is 79.9 Å². The molecule has 0 aliphatic carbocycles. The van der Waals surface area contributed by atoms with Crippen LogP contribution in [0.4, 0.5) is 11.4 Å². The van der Waals surface area contributed by atoms with Crippen LogP contribution in [-0.2, 0) is 5.41 Å². The molecule has 0 N–H and O–H groups in total. The lowest BCUT2D eigenvalue weighted by Gasteiger charge is -2.39. The first-order chi connectivity index (χ1) is 25.9. The third-order valence-electron chi connectivity index (χ3n) is 12.4. The summed E-state index contributed by atoms with van der Waals surface area (Å²) in [7, 11) is 0. The Labute approximate surface area is 321 Å². The highest BCUT2D eigenvalue weighted by Gasteiger charge is 2.28. The van der Waals surface area contributed by atoms with E-state index in [9.17, 15) is 0 Å². The van der Waals surface area contributed by atoms with Crippen molar-refractivity contribution < 1.29 is 0 Å². The van der Waals surface area contributed by atoms with Gasteiger partial charge in [-0.3, -0.25) is 0 Å². The van der Waals surface area contributed by atoms with Crippen molar-refractivity contribution in [3.8, 4) is 11.4 Å². The van der Waals surface area contributed by atoms with Gasteiger partial charge < -0.3 is 14.0 Å². The maximum atomic E-state index is 4.29. The van der Waals surface area contributed by atoms with Gasteiger partial charge in [0.25, 0.3) is 0 Å². The fourth-order valence-corrected chi connectivity index (χ4v) is 8.63. The lowest BCUT2D eigenvalue weighted by molar-refractivity contribution is 0.439. The van der Waals surface area contributed by atoms with Crippen molar-refractivity contribution >= 4 is 55.0 Å². The van der Waals surface area contributed by atoms with E-state index in [1.165, 1.54) is 82.8 Å². The molecule has 0 spiro atoms. The summed E-state index contributed by atoms with van der Waals surface area (Å²) in [5.41, 5.74) is 15.8. The van der Waals surface area contributed by atoms with Crippen LogP contribution in [0.15, 0.2) is 128 Å². The van der Waals surface area contributed by atoms with Gasteiger partial charge in [-0.2, -0.15) is 0 Å². The van der Waals surface area contributed by atoms with E-state index in [4.69, 9.17) is 0 Å². The Bertz CT molecular complexity index is 2730. The van der Waals surface area contributed by atoms with Gasteiger partial charge >= 0.3 is 0 Å². The van der Waals surface area contributed by atoms with Gasteiger partial charge in [-0.25, -0.2) is 0 Å². The van der Waals surface area contributed by atoms with Gasteiger partial charge in [0.05, 0.1) is 27.6 Å². The zero-order chi connectivity index (χ0) is 38.1. The number of hydrogen-bond acceptors (Lipinski definition) is 1. The summed E-state index contributed by atoms with van der Waals surface area (Å²) in [6, 6.07) is 43.8. The van der Waals surface area contributed by atoms with Crippen LogP contribution in [0.5, 0.6) is 0 Å². The van der Waals surface area contributed by atoms with Crippen molar-refractivity contribution in [3.63, 3.8) is 0 Å². The standard InChI is InChI=1S/C51H53N3/c1-11-50(8,9)54(45-23-16-34(5)28-36(45)7)40-22-27-49-44(32-40)43-31-39(21-26-48(43)52(49)38-19-14-33(4)15-20-38)53-46-24-17-35(6)29-41(46)42-30-37(18-25-47(42)53)51(10,12-2)13-3/h11,14-32H,1,12-13H2,2-10H3. The largest absolute Gasteiger partial charge is 0.332 e. The second-order valence-electron chi connectivity index (χ2n) is 16.4. The zero-order valence-electron chi connectivity index (χ0n) is 33.5. The summed E-state index contributed by atoms with van der Waals surface area (Å²) in [5, 5.41) is 5.08. The van der Waals surface area contributed by atoms with E-state index in [1.54, 1.807) is 0 Å². The number of aryl methyl sites for hydroxylation is 4. The van der Waals surface area contributed by atoms with E-state index >= 15 is 0 Å². The number of aromatic nitrogens is 2. The third kappa shape index (κ3) is 5.64. The van der Waals surface area contributed by atoms with Gasteiger partial charge in [0.1, 0.15) is 0 Å². The fourth-order valence-electron chi connectivity index (χ4n) is 8.63. The molecule has 0 bridgehead atoms. The third-order valence-corrected chi connectivity index (χ3v) is 12.4. The summed E-state index contributed by atoms with van der Waals surface area (Å²) in [6.07, 6.45) is 4.28. The average Bonchev–Trinajstić information content (AvgIpc) is 3.67. The number of rotatable bonds is 9. The molecule has 2 heterocycles. The Hall–Kier alpha value is -5.54. The molecule has 0 atom stereocenters. The van der Waals surface area contributed by atoms with E-state index in [0.717, 1.165) is 24.2 Å². The minimum Gasteiger partial charge on any atom is -0.332 e. The molecule has 0 radical (unpaired) electrons. The number of hydrogen-bond donors (Lipinski definition) is 0. The molecule has 6 aromatic carbocycles. The fraction of sp³-hybridized carbons (Fsp3) is 0.255. The average molecular weight is 708 g/mol. The van der Waals surface area contributed by atoms with Crippen LogP contribution < -0.4 is 4.90 Å². The van der Waals surface area contributed by atoms with Crippen LogP contribution in [0.25, 0.3) is 55.0 Å². The Morgan fingerprint density at radius 2 is 1.04 bits per heavy atom. The molecular formula is C51H53N3. The predicted molar refractivity (Wildman–Crippen MR) is 235 cm³/mol. The van der Waals surface area contributed by atoms with E-state index in [2.05, 4.69) is 204 Å². The van der Waals surface area contributed by atoms with Crippen LogP contribution in [0.1, 0.15) is 75.3 Å². The van der Waals surface area contributed by atoms with Crippen LogP contribution in [0, 0.1) is 27.7 Å². The lowest BCUT2D eigenvalue weighted by atomic mass is 9.77. The molecule has 3 heteroatoms. The molecule has 0 unspecified atom stereocenters. The molecule has 0 aliphatic heterocycles. The first kappa shape index (κ1) is 35.5. The maximum absolute atomic E-state index is 4.29. The Morgan fingerprint density at radius 1 is 0.537 bits per heavy atom. The van der Waals surface area contributed by atoms with Crippen LogP contribution in [-0.4, -0.2) is 14.7 Å². The normalized spacial score (nSPS) is 12.4. The van der Waals surface area contributed by atoms with Gasteiger partial charge in [0, 0.05) is 44.3 Å². The molecule has 0 saturated carbocycles. The van der Waals surface area contributed by atoms with Gasteiger partial charge in [-0.05, 0) is 150 Å². The Morgan fingerprint density at radius 3 is 1.69 bits per heavy atom. The van der Waals surface area contributed by atoms with Gasteiger partial charge in [0.2, 0.25) is 0 Å². The molecule has 54 heavy (non-hydrogen) atoms. The minimum atomic E-state index is -0.334. The maximum Gasteiger partial charge on any atom is 0.0574 e. The number of nitrogens with zero attached hydrogens (tertiary/aromatic N) is 3. The highest BCUT2D eigenvalue weighted by Crippen LogP contribution is 2.43. The first-order valence-electron chi connectivity index (χ1n) is 19.6. The second-order valence-corrected chi connectivity index (χ2v) is 16.4. The molecule has 0 fully saturated rings. The molecule has 2 aromatic heterocycles. The number of fused-ring (bicyclic) bond motifs is 6. The zero-order valence-corrected chi connectivity index (χ0v) is 33.5. The van der Waals surface area contributed by atoms with E-state index in [-0.39, 0.29) is 11.0 Å². The van der Waals surface area contributed by atoms with Crippen LogP contribution >= 0.6 is 0 Å². The second kappa shape index (κ2) is 13.1. The minimum absolute atomic E-state index is 0.145. The molecule has 8 aromatic rings. The molecule has 0 saturated heterocycles. The summed E-state index contributed by atoms with van der Waals surface area (Å²) in [6.45, 7) is 24.5. The van der Waals surface area contributed by atoms with Crippen LogP contribution in [0.3, 0.4) is 0 Å². The molecule has 0 amide bonds. The van der Waals surface area contributed by atoms with Crippen LogP contribution in [0.2, 0.25) is 0 Å². The highest BCUT2D eigenvalue weighted by atomic mass is 15.2. The Balaban J connectivity index is 1.42. The van der Waals surface area contributed by atoms with Crippen molar-refractivity contribution in [2.75, 3.05) is 4.90 Å². The van der Waals surface area contributed by atoms with E-state index in [1.807, 2.05) is 0 Å². The number of anilines is 2. The monoisotopic (exact) mass is 707 g/mol. The summed E-state index contributed by atoms with van der Waals surface area (Å²) < 4.78 is 4.90. The molecule has 0 aliphatic rings. The molecule has 8 rings (SSSR count). The summed E-state index contributed by atoms with van der Waals surface area (Å²) in [4.78, 5) is 2.44. The quantitative estimate of drug-likeness (QED) is 0.136. The van der Waals surface area contributed by atoms with Crippen molar-refractivity contribution in [1.82, 2.24) is 9.13 Å². The predicted octanol–water partition coefficient (Wildman–Crippen LogP) is 14.3. The lowest BCUT2D eigenvalue weighted by Crippen LogP contribution is -2.39. The smallest absolute Gasteiger partial charge is 0.0574 e. The molecule has 3 nitrogen and oxygen atoms in total. The van der Waals surface area contributed by atoms with Crippen molar-refractivity contribution in [2.24, 2.45) is 0 Å². The molecular weight excluding hydrogens is 655 g/mol.